The van der Waals surface area contributed by atoms with Gasteiger partial charge in [0.15, 0.2) is 0 Å². The zero-order valence-corrected chi connectivity index (χ0v) is 18.4. The van der Waals surface area contributed by atoms with Crippen molar-refractivity contribution in [1.29, 1.82) is 5.26 Å². The first-order valence-electron chi connectivity index (χ1n) is 9.63. The molecule has 1 N–H and O–H groups in total. The summed E-state index contributed by atoms with van der Waals surface area (Å²) in [5.41, 5.74) is 4.67. The molecule has 28 heavy (non-hydrogen) atoms. The molecule has 0 radical (unpaired) electrons. The highest BCUT2D eigenvalue weighted by atomic mass is 35.5. The minimum Gasteiger partial charge on any atom is -0.309 e. The molecule has 2 aromatic carbocycles. The molecular weight excluding hydrogens is 389 g/mol. The van der Waals surface area contributed by atoms with Gasteiger partial charge in [-0.2, -0.15) is 5.26 Å². The van der Waals surface area contributed by atoms with Crippen LogP contribution in [0.15, 0.2) is 48.5 Å². The molecule has 3 nitrogen and oxygen atoms in total. The van der Waals surface area contributed by atoms with Crippen LogP contribution in [0, 0.1) is 23.2 Å². The maximum atomic E-state index is 9.02. The van der Waals surface area contributed by atoms with E-state index in [1.165, 1.54) is 30.6 Å². The summed E-state index contributed by atoms with van der Waals surface area (Å²) in [5.74, 6) is 1.58. The van der Waals surface area contributed by atoms with Crippen molar-refractivity contribution in [3.8, 4) is 6.07 Å². The van der Waals surface area contributed by atoms with E-state index < -0.39 is 0 Å². The van der Waals surface area contributed by atoms with Crippen LogP contribution in [-0.2, 0) is 19.6 Å². The molecular formula is C23H31Cl2N3. The first-order valence-corrected chi connectivity index (χ1v) is 9.63. The van der Waals surface area contributed by atoms with Crippen LogP contribution in [0.3, 0.4) is 0 Å². The van der Waals surface area contributed by atoms with E-state index in [9.17, 15) is 0 Å². The van der Waals surface area contributed by atoms with Gasteiger partial charge in [0.25, 0.3) is 0 Å². The minimum atomic E-state index is 0. The fourth-order valence-corrected chi connectivity index (χ4v) is 4.14. The Balaban J connectivity index is 0.00000196. The van der Waals surface area contributed by atoms with Gasteiger partial charge in [-0.05, 0) is 47.1 Å². The van der Waals surface area contributed by atoms with Crippen LogP contribution in [0.1, 0.15) is 42.5 Å². The smallest absolute Gasteiger partial charge is 0.0991 e. The molecule has 152 valence electrons. The molecule has 0 spiro atoms. The van der Waals surface area contributed by atoms with Gasteiger partial charge in [-0.3, -0.25) is 4.90 Å². The first kappa shape index (κ1) is 24.5. The molecule has 0 aromatic heterocycles. The van der Waals surface area contributed by atoms with E-state index in [1.807, 2.05) is 18.2 Å². The topological polar surface area (TPSA) is 39.1 Å². The zero-order valence-electron chi connectivity index (χ0n) is 16.7. The zero-order chi connectivity index (χ0) is 18.4. The van der Waals surface area contributed by atoms with Crippen LogP contribution >= 0.6 is 24.8 Å². The summed E-state index contributed by atoms with van der Waals surface area (Å²) in [6, 6.07) is 18.8. The predicted molar refractivity (Wildman–Crippen MR) is 121 cm³/mol. The number of benzene rings is 2. The summed E-state index contributed by atoms with van der Waals surface area (Å²) < 4.78 is 0. The largest absolute Gasteiger partial charge is 0.309 e. The standard InChI is InChI=1S/C23H29N3.2ClH/c1-18-10-19(2)16-26(15-18)17-23-9-4-3-8-22(23)14-25-13-21-7-5-6-20(11-21)12-24;;/h3-9,11,18-19,25H,10,13-17H2,1-2H3;2*1H. The third-order valence-electron chi connectivity index (χ3n) is 5.16. The highest BCUT2D eigenvalue weighted by Gasteiger charge is 2.22. The second-order valence-electron chi connectivity index (χ2n) is 7.82. The second-order valence-corrected chi connectivity index (χ2v) is 7.82. The van der Waals surface area contributed by atoms with E-state index in [4.69, 9.17) is 5.26 Å². The fraction of sp³-hybridized carbons (Fsp3) is 0.435. The molecule has 0 amide bonds. The van der Waals surface area contributed by atoms with E-state index in [2.05, 4.69) is 60.5 Å². The van der Waals surface area contributed by atoms with E-state index in [-0.39, 0.29) is 24.8 Å². The van der Waals surface area contributed by atoms with Crippen LogP contribution < -0.4 is 5.32 Å². The quantitative estimate of drug-likeness (QED) is 0.701. The fourth-order valence-electron chi connectivity index (χ4n) is 4.14. The van der Waals surface area contributed by atoms with Gasteiger partial charge in [-0.25, -0.2) is 0 Å². The van der Waals surface area contributed by atoms with Crippen molar-refractivity contribution in [2.24, 2.45) is 11.8 Å². The maximum absolute atomic E-state index is 9.02. The molecule has 0 aliphatic carbocycles. The first-order chi connectivity index (χ1) is 12.6. The summed E-state index contributed by atoms with van der Waals surface area (Å²) >= 11 is 0. The van der Waals surface area contributed by atoms with E-state index in [0.29, 0.717) is 0 Å². The molecule has 1 fully saturated rings. The molecule has 1 aliphatic heterocycles. The van der Waals surface area contributed by atoms with Crippen molar-refractivity contribution in [2.45, 2.75) is 39.9 Å². The molecule has 1 heterocycles. The average Bonchev–Trinajstić information content (AvgIpc) is 2.62. The van der Waals surface area contributed by atoms with Gasteiger partial charge in [0.2, 0.25) is 0 Å². The van der Waals surface area contributed by atoms with Gasteiger partial charge in [-0.1, -0.05) is 50.2 Å². The summed E-state index contributed by atoms with van der Waals surface area (Å²) in [6.07, 6.45) is 1.35. The lowest BCUT2D eigenvalue weighted by molar-refractivity contribution is 0.134. The summed E-state index contributed by atoms with van der Waals surface area (Å²) in [6.45, 7) is 9.81. The third kappa shape index (κ3) is 7.11. The summed E-state index contributed by atoms with van der Waals surface area (Å²) in [4.78, 5) is 2.61. The molecule has 2 aromatic rings. The Morgan fingerprint density at radius 2 is 1.64 bits per heavy atom. The lowest BCUT2D eigenvalue weighted by Gasteiger charge is -2.35. The van der Waals surface area contributed by atoms with Crippen molar-refractivity contribution in [3.63, 3.8) is 0 Å². The Kier molecular flexibility index (Phi) is 10.6. The third-order valence-corrected chi connectivity index (χ3v) is 5.16. The number of nitrogens with one attached hydrogen (secondary N) is 1. The lowest BCUT2D eigenvalue weighted by atomic mass is 9.91. The minimum absolute atomic E-state index is 0. The summed E-state index contributed by atoms with van der Waals surface area (Å²) in [7, 11) is 0. The molecule has 1 aliphatic rings. The molecule has 1 saturated heterocycles. The Hall–Kier alpha value is -1.57. The van der Waals surface area contributed by atoms with Crippen LogP contribution in [0.4, 0.5) is 0 Å². The average molecular weight is 420 g/mol. The van der Waals surface area contributed by atoms with Crippen LogP contribution in [0.2, 0.25) is 0 Å². The van der Waals surface area contributed by atoms with Gasteiger partial charge >= 0.3 is 0 Å². The van der Waals surface area contributed by atoms with E-state index >= 15 is 0 Å². The van der Waals surface area contributed by atoms with Crippen molar-refractivity contribution in [3.05, 3.63) is 70.8 Å². The van der Waals surface area contributed by atoms with Gasteiger partial charge < -0.3 is 5.32 Å². The Morgan fingerprint density at radius 1 is 0.964 bits per heavy atom. The highest BCUT2D eigenvalue weighted by molar-refractivity contribution is 5.85. The Bertz CT molecular complexity index is 762. The summed E-state index contributed by atoms with van der Waals surface area (Å²) in [5, 5.41) is 12.6. The number of piperidine rings is 1. The number of hydrogen-bond donors (Lipinski definition) is 1. The van der Waals surface area contributed by atoms with Crippen LogP contribution in [0.25, 0.3) is 0 Å². The SMILES string of the molecule is CC1CC(C)CN(Cc2ccccc2CNCc2cccc(C#N)c2)C1.Cl.Cl. The monoisotopic (exact) mass is 419 g/mol. The molecule has 0 saturated carbocycles. The molecule has 2 unspecified atom stereocenters. The lowest BCUT2D eigenvalue weighted by Crippen LogP contribution is -2.38. The predicted octanol–water partition coefficient (Wildman–Crippen LogP) is 5.17. The molecule has 0 bridgehead atoms. The van der Waals surface area contributed by atoms with Crippen LogP contribution in [0.5, 0.6) is 0 Å². The number of rotatable bonds is 6. The second kappa shape index (κ2) is 12.1. The molecule has 2 atom stereocenters. The van der Waals surface area contributed by atoms with Crippen LogP contribution in [-0.4, -0.2) is 18.0 Å². The van der Waals surface area contributed by atoms with Crippen molar-refractivity contribution in [1.82, 2.24) is 10.2 Å². The van der Waals surface area contributed by atoms with Gasteiger partial charge in [0, 0.05) is 32.7 Å². The number of nitrogens with zero attached hydrogens (tertiary/aromatic N) is 2. The normalized spacial score (nSPS) is 19.2. The number of halogens is 2. The Morgan fingerprint density at radius 3 is 2.32 bits per heavy atom. The number of likely N-dealkylation sites (tertiary alicyclic amines) is 1. The number of hydrogen-bond acceptors (Lipinski definition) is 3. The van der Waals surface area contributed by atoms with Crippen molar-refractivity contribution >= 4 is 24.8 Å². The number of nitriles is 1. The van der Waals surface area contributed by atoms with Gasteiger partial charge in [-0.15, -0.1) is 24.8 Å². The Labute approximate surface area is 182 Å². The van der Waals surface area contributed by atoms with E-state index in [1.54, 1.807) is 0 Å². The van der Waals surface area contributed by atoms with Gasteiger partial charge in [0.05, 0.1) is 11.6 Å². The van der Waals surface area contributed by atoms with Crippen molar-refractivity contribution in [2.75, 3.05) is 13.1 Å². The van der Waals surface area contributed by atoms with Gasteiger partial charge in [0.1, 0.15) is 0 Å². The molecule has 5 heteroatoms. The van der Waals surface area contributed by atoms with E-state index in [0.717, 1.165) is 42.6 Å². The maximum Gasteiger partial charge on any atom is 0.0991 e. The van der Waals surface area contributed by atoms with Crippen molar-refractivity contribution < 1.29 is 0 Å². The molecule has 3 rings (SSSR count). The highest BCUT2D eigenvalue weighted by Crippen LogP contribution is 2.23.